The van der Waals surface area contributed by atoms with E-state index in [1.165, 1.54) is 25.3 Å². The maximum Gasteiger partial charge on any atom is 0.131 e. The van der Waals surface area contributed by atoms with E-state index < -0.39 is 17.7 Å². The van der Waals surface area contributed by atoms with Crippen molar-refractivity contribution in [2.24, 2.45) is 5.73 Å². The Balaban J connectivity index is 2.44. The Bertz CT molecular complexity index is 537. The fraction of sp³-hybridized carbons (Fsp3) is 0.143. The number of rotatable bonds is 3. The van der Waals surface area contributed by atoms with E-state index in [9.17, 15) is 8.78 Å². The molecule has 0 aromatic heterocycles. The number of halogens is 2. The number of methoxy groups -OCH3 is 1. The summed E-state index contributed by atoms with van der Waals surface area (Å²) in [7, 11) is 1.52. The van der Waals surface area contributed by atoms with Crippen LogP contribution in [0.3, 0.4) is 0 Å². The molecule has 2 aromatic carbocycles. The summed E-state index contributed by atoms with van der Waals surface area (Å²) in [5, 5.41) is 0. The van der Waals surface area contributed by atoms with Crippen LogP contribution in [0.1, 0.15) is 17.2 Å². The van der Waals surface area contributed by atoms with Crippen molar-refractivity contribution in [1.82, 2.24) is 0 Å². The van der Waals surface area contributed by atoms with Crippen molar-refractivity contribution in [3.63, 3.8) is 0 Å². The minimum atomic E-state index is -0.860. The quantitative estimate of drug-likeness (QED) is 0.907. The summed E-state index contributed by atoms with van der Waals surface area (Å²) in [5.41, 5.74) is 6.37. The molecule has 18 heavy (non-hydrogen) atoms. The Morgan fingerprint density at radius 3 is 2.28 bits per heavy atom. The molecular weight excluding hydrogens is 236 g/mol. The molecule has 0 bridgehead atoms. The lowest BCUT2D eigenvalue weighted by molar-refractivity contribution is 0.414. The van der Waals surface area contributed by atoms with E-state index >= 15 is 0 Å². The molecule has 0 aliphatic rings. The Morgan fingerprint density at radius 2 is 1.67 bits per heavy atom. The van der Waals surface area contributed by atoms with Crippen LogP contribution in [0.5, 0.6) is 5.75 Å². The van der Waals surface area contributed by atoms with Gasteiger partial charge in [-0.25, -0.2) is 8.78 Å². The second-order valence-corrected chi connectivity index (χ2v) is 3.89. The van der Waals surface area contributed by atoms with Crippen LogP contribution >= 0.6 is 0 Å². The van der Waals surface area contributed by atoms with Crippen LogP contribution in [0.2, 0.25) is 0 Å². The van der Waals surface area contributed by atoms with Gasteiger partial charge in [-0.15, -0.1) is 0 Å². The SMILES string of the molecule is COc1cccc(C(N)c2c(F)cccc2F)c1. The number of hydrogen-bond donors (Lipinski definition) is 1. The Kier molecular flexibility index (Phi) is 3.58. The summed E-state index contributed by atoms with van der Waals surface area (Å²) >= 11 is 0. The van der Waals surface area contributed by atoms with Crippen LogP contribution in [-0.4, -0.2) is 7.11 Å². The molecule has 94 valence electrons. The molecule has 0 aliphatic heterocycles. The molecule has 0 saturated carbocycles. The summed E-state index contributed by atoms with van der Waals surface area (Å²) in [6.45, 7) is 0. The average molecular weight is 249 g/mol. The normalized spacial score (nSPS) is 12.2. The van der Waals surface area contributed by atoms with E-state index in [0.29, 0.717) is 11.3 Å². The molecule has 4 heteroatoms. The van der Waals surface area contributed by atoms with E-state index in [0.717, 1.165) is 0 Å². The van der Waals surface area contributed by atoms with Crippen LogP contribution in [-0.2, 0) is 0 Å². The first-order valence-electron chi connectivity index (χ1n) is 5.47. The highest BCUT2D eigenvalue weighted by Gasteiger charge is 2.18. The van der Waals surface area contributed by atoms with E-state index in [4.69, 9.17) is 10.5 Å². The standard InChI is InChI=1S/C14H13F2NO/c1-18-10-5-2-4-9(8-10)14(17)13-11(15)6-3-7-12(13)16/h2-8,14H,17H2,1H3. The zero-order valence-electron chi connectivity index (χ0n) is 9.86. The number of ether oxygens (including phenoxy) is 1. The third-order valence-corrected chi connectivity index (χ3v) is 2.76. The molecule has 0 fully saturated rings. The van der Waals surface area contributed by atoms with Gasteiger partial charge >= 0.3 is 0 Å². The minimum absolute atomic E-state index is 0.134. The smallest absolute Gasteiger partial charge is 0.131 e. The third kappa shape index (κ3) is 2.33. The fourth-order valence-electron chi connectivity index (χ4n) is 1.81. The number of benzene rings is 2. The van der Waals surface area contributed by atoms with Crippen molar-refractivity contribution in [3.8, 4) is 5.75 Å². The highest BCUT2D eigenvalue weighted by Crippen LogP contribution is 2.26. The Morgan fingerprint density at radius 1 is 1.06 bits per heavy atom. The van der Waals surface area contributed by atoms with Gasteiger partial charge in [-0.05, 0) is 29.8 Å². The molecule has 1 unspecified atom stereocenters. The maximum atomic E-state index is 13.6. The van der Waals surface area contributed by atoms with Gasteiger partial charge in [0, 0.05) is 5.56 Å². The lowest BCUT2D eigenvalue weighted by atomic mass is 9.98. The molecule has 0 aliphatic carbocycles. The second-order valence-electron chi connectivity index (χ2n) is 3.89. The van der Waals surface area contributed by atoms with Crippen molar-refractivity contribution in [3.05, 3.63) is 65.2 Å². The Hall–Kier alpha value is -1.94. The van der Waals surface area contributed by atoms with Crippen LogP contribution in [0.25, 0.3) is 0 Å². The number of nitrogens with two attached hydrogens (primary N) is 1. The largest absolute Gasteiger partial charge is 0.497 e. The fourth-order valence-corrected chi connectivity index (χ4v) is 1.81. The molecule has 0 radical (unpaired) electrons. The van der Waals surface area contributed by atoms with Crippen molar-refractivity contribution >= 4 is 0 Å². The van der Waals surface area contributed by atoms with Crippen LogP contribution in [0, 0.1) is 11.6 Å². The first-order chi connectivity index (χ1) is 8.63. The van der Waals surface area contributed by atoms with Crippen molar-refractivity contribution < 1.29 is 13.5 Å². The molecule has 2 nitrogen and oxygen atoms in total. The van der Waals surface area contributed by atoms with E-state index in [2.05, 4.69) is 0 Å². The van der Waals surface area contributed by atoms with Crippen LogP contribution < -0.4 is 10.5 Å². The van der Waals surface area contributed by atoms with Gasteiger partial charge in [-0.2, -0.15) is 0 Å². The van der Waals surface area contributed by atoms with Gasteiger partial charge in [0.25, 0.3) is 0 Å². The molecule has 0 heterocycles. The molecule has 2 N–H and O–H groups in total. The second kappa shape index (κ2) is 5.14. The highest BCUT2D eigenvalue weighted by molar-refractivity contribution is 5.37. The molecule has 0 spiro atoms. The van der Waals surface area contributed by atoms with Gasteiger partial charge in [-0.1, -0.05) is 18.2 Å². The minimum Gasteiger partial charge on any atom is -0.497 e. The highest BCUT2D eigenvalue weighted by atomic mass is 19.1. The van der Waals surface area contributed by atoms with E-state index in [1.54, 1.807) is 24.3 Å². The molecule has 1 atom stereocenters. The molecule has 0 saturated heterocycles. The van der Waals surface area contributed by atoms with Gasteiger partial charge in [0.15, 0.2) is 0 Å². The van der Waals surface area contributed by atoms with Gasteiger partial charge < -0.3 is 10.5 Å². The van der Waals surface area contributed by atoms with Gasteiger partial charge in [-0.3, -0.25) is 0 Å². The predicted molar refractivity (Wildman–Crippen MR) is 65.4 cm³/mol. The van der Waals surface area contributed by atoms with Crippen molar-refractivity contribution in [2.45, 2.75) is 6.04 Å². The molecular formula is C14H13F2NO. The maximum absolute atomic E-state index is 13.6. The summed E-state index contributed by atoms with van der Waals surface area (Å²) in [6.07, 6.45) is 0. The lowest BCUT2D eigenvalue weighted by Gasteiger charge is -2.15. The summed E-state index contributed by atoms with van der Waals surface area (Å²) in [5.74, 6) is -0.699. The van der Waals surface area contributed by atoms with Gasteiger partial charge in [0.2, 0.25) is 0 Å². The zero-order chi connectivity index (χ0) is 13.1. The average Bonchev–Trinajstić information content (AvgIpc) is 2.38. The lowest BCUT2D eigenvalue weighted by Crippen LogP contribution is -2.15. The van der Waals surface area contributed by atoms with Gasteiger partial charge in [0.1, 0.15) is 17.4 Å². The first kappa shape index (κ1) is 12.5. The first-order valence-corrected chi connectivity index (χ1v) is 5.47. The summed E-state index contributed by atoms with van der Waals surface area (Å²) in [6, 6.07) is 9.68. The van der Waals surface area contributed by atoms with Crippen LogP contribution in [0.15, 0.2) is 42.5 Å². The summed E-state index contributed by atoms with van der Waals surface area (Å²) < 4.78 is 32.3. The summed E-state index contributed by atoms with van der Waals surface area (Å²) in [4.78, 5) is 0. The van der Waals surface area contributed by atoms with Crippen LogP contribution in [0.4, 0.5) is 8.78 Å². The third-order valence-electron chi connectivity index (χ3n) is 2.76. The van der Waals surface area contributed by atoms with E-state index in [1.807, 2.05) is 0 Å². The number of hydrogen-bond acceptors (Lipinski definition) is 2. The predicted octanol–water partition coefficient (Wildman–Crippen LogP) is 3.02. The van der Waals surface area contributed by atoms with Crippen molar-refractivity contribution in [1.29, 1.82) is 0 Å². The monoisotopic (exact) mass is 249 g/mol. The molecule has 2 aromatic rings. The van der Waals surface area contributed by atoms with Gasteiger partial charge in [0.05, 0.1) is 13.2 Å². The zero-order valence-corrected chi connectivity index (χ0v) is 9.86. The molecule has 2 rings (SSSR count). The van der Waals surface area contributed by atoms with Crippen molar-refractivity contribution in [2.75, 3.05) is 7.11 Å². The Labute approximate surface area is 104 Å². The topological polar surface area (TPSA) is 35.2 Å². The van der Waals surface area contributed by atoms with E-state index in [-0.39, 0.29) is 5.56 Å². The molecule has 0 amide bonds.